The number of hydrogen-bond donors (Lipinski definition) is 1. The van der Waals surface area contributed by atoms with Gasteiger partial charge in [-0.1, -0.05) is 0 Å². The van der Waals surface area contributed by atoms with Crippen molar-refractivity contribution >= 4 is 0 Å². The van der Waals surface area contributed by atoms with Crippen molar-refractivity contribution in [1.29, 1.82) is 0 Å². The maximum atomic E-state index is 12.4. The molecule has 0 bridgehead atoms. The van der Waals surface area contributed by atoms with Crippen molar-refractivity contribution in [2.24, 2.45) is 0 Å². The number of halogens is 3. The molecular formula is C10H12F3N3O. The molecule has 94 valence electrons. The quantitative estimate of drug-likeness (QED) is 0.881. The van der Waals surface area contributed by atoms with Crippen molar-refractivity contribution in [3.63, 3.8) is 0 Å². The van der Waals surface area contributed by atoms with Gasteiger partial charge in [0.2, 0.25) is 0 Å². The van der Waals surface area contributed by atoms with Gasteiger partial charge in [-0.15, -0.1) is 0 Å². The molecule has 0 radical (unpaired) electrons. The van der Waals surface area contributed by atoms with Gasteiger partial charge in [0.15, 0.2) is 5.69 Å². The van der Waals surface area contributed by atoms with Gasteiger partial charge in [-0.05, 0) is 25.5 Å². The van der Waals surface area contributed by atoms with E-state index in [2.05, 4.69) is 15.3 Å². The molecule has 1 atom stereocenters. The number of hydrogen-bond acceptors (Lipinski definition) is 4. The van der Waals surface area contributed by atoms with Gasteiger partial charge in [-0.25, -0.2) is 4.98 Å². The summed E-state index contributed by atoms with van der Waals surface area (Å²) >= 11 is 0. The lowest BCUT2D eigenvalue weighted by atomic mass is 10.2. The molecule has 1 fully saturated rings. The summed E-state index contributed by atoms with van der Waals surface area (Å²) in [5.74, 6) is 0. The molecule has 0 spiro atoms. The minimum Gasteiger partial charge on any atom is -0.462 e. The van der Waals surface area contributed by atoms with Crippen LogP contribution in [-0.4, -0.2) is 29.2 Å². The monoisotopic (exact) mass is 247 g/mol. The Morgan fingerprint density at radius 1 is 1.47 bits per heavy atom. The number of rotatable bonds is 3. The largest absolute Gasteiger partial charge is 0.462 e. The summed E-state index contributed by atoms with van der Waals surface area (Å²) in [6.45, 7) is 1.21. The first-order valence-corrected chi connectivity index (χ1v) is 5.32. The third kappa shape index (κ3) is 3.29. The predicted molar refractivity (Wildman–Crippen MR) is 53.6 cm³/mol. The van der Waals surface area contributed by atoms with Gasteiger partial charge in [-0.2, -0.15) is 18.2 Å². The van der Waals surface area contributed by atoms with E-state index in [-0.39, 0.29) is 12.1 Å². The average Bonchev–Trinajstić information content (AvgIpc) is 2.78. The fourth-order valence-electron chi connectivity index (χ4n) is 1.64. The van der Waals surface area contributed by atoms with E-state index >= 15 is 0 Å². The third-order valence-corrected chi connectivity index (χ3v) is 2.50. The number of nitrogens with one attached hydrogen (secondary N) is 1. The fourth-order valence-corrected chi connectivity index (χ4v) is 1.64. The summed E-state index contributed by atoms with van der Waals surface area (Å²) < 4.78 is 42.2. The smallest absolute Gasteiger partial charge is 0.433 e. The number of alkyl halides is 3. The number of nitrogens with zero attached hydrogens (tertiary/aromatic N) is 2. The van der Waals surface area contributed by atoms with Crippen LogP contribution in [0.3, 0.4) is 0 Å². The van der Waals surface area contributed by atoms with Crippen LogP contribution in [0.1, 0.15) is 18.5 Å². The van der Waals surface area contributed by atoms with Crippen molar-refractivity contribution in [2.75, 3.05) is 13.2 Å². The lowest BCUT2D eigenvalue weighted by Gasteiger charge is -2.11. The summed E-state index contributed by atoms with van der Waals surface area (Å²) in [4.78, 5) is 6.97. The maximum absolute atomic E-state index is 12.4. The van der Waals surface area contributed by atoms with Crippen LogP contribution in [-0.2, 0) is 6.18 Å². The fraction of sp³-hybridized carbons (Fsp3) is 0.600. The Kier molecular flexibility index (Phi) is 3.46. The Morgan fingerprint density at radius 3 is 2.94 bits per heavy atom. The van der Waals surface area contributed by atoms with E-state index in [1.54, 1.807) is 0 Å². The van der Waals surface area contributed by atoms with Crippen LogP contribution < -0.4 is 10.1 Å². The standard InChI is InChI=1S/C10H12F3N3O/c11-10(12,13)8-3-5-15-9(16-8)17-6-7-2-1-4-14-7/h3,5,7,14H,1-2,4,6H2. The summed E-state index contributed by atoms with van der Waals surface area (Å²) in [5.41, 5.74) is -0.984. The molecule has 0 amide bonds. The topological polar surface area (TPSA) is 47.0 Å². The van der Waals surface area contributed by atoms with E-state index in [0.717, 1.165) is 31.6 Å². The maximum Gasteiger partial charge on any atom is 0.433 e. The van der Waals surface area contributed by atoms with Crippen molar-refractivity contribution in [1.82, 2.24) is 15.3 Å². The average molecular weight is 247 g/mol. The van der Waals surface area contributed by atoms with E-state index < -0.39 is 11.9 Å². The van der Waals surface area contributed by atoms with E-state index in [1.807, 2.05) is 0 Å². The van der Waals surface area contributed by atoms with Crippen LogP contribution >= 0.6 is 0 Å². The Bertz CT molecular complexity index is 377. The normalized spacial score (nSPS) is 20.5. The summed E-state index contributed by atoms with van der Waals surface area (Å²) in [6.07, 6.45) is -1.41. The zero-order chi connectivity index (χ0) is 12.3. The first-order valence-electron chi connectivity index (χ1n) is 5.32. The molecular weight excluding hydrogens is 235 g/mol. The Labute approximate surface area is 96.2 Å². The molecule has 0 saturated carbocycles. The lowest BCUT2D eigenvalue weighted by Crippen LogP contribution is -2.28. The van der Waals surface area contributed by atoms with Crippen LogP contribution in [0.2, 0.25) is 0 Å². The van der Waals surface area contributed by atoms with Crippen LogP contribution in [0.25, 0.3) is 0 Å². The molecule has 0 aliphatic carbocycles. The lowest BCUT2D eigenvalue weighted by molar-refractivity contribution is -0.141. The Balaban J connectivity index is 1.96. The highest BCUT2D eigenvalue weighted by Gasteiger charge is 2.33. The van der Waals surface area contributed by atoms with E-state index in [1.165, 1.54) is 0 Å². The Morgan fingerprint density at radius 2 is 2.29 bits per heavy atom. The van der Waals surface area contributed by atoms with Gasteiger partial charge in [-0.3, -0.25) is 0 Å². The van der Waals surface area contributed by atoms with Gasteiger partial charge < -0.3 is 10.1 Å². The van der Waals surface area contributed by atoms with E-state index in [0.29, 0.717) is 6.61 Å². The van der Waals surface area contributed by atoms with Crippen molar-refractivity contribution in [3.05, 3.63) is 18.0 Å². The summed E-state index contributed by atoms with van der Waals surface area (Å²) in [5, 5.41) is 3.17. The van der Waals surface area contributed by atoms with Crippen molar-refractivity contribution < 1.29 is 17.9 Å². The SMILES string of the molecule is FC(F)(F)c1ccnc(OCC2CCCN2)n1. The van der Waals surface area contributed by atoms with Gasteiger partial charge in [0, 0.05) is 12.2 Å². The number of aromatic nitrogens is 2. The highest BCUT2D eigenvalue weighted by molar-refractivity contribution is 5.08. The highest BCUT2D eigenvalue weighted by Crippen LogP contribution is 2.27. The predicted octanol–water partition coefficient (Wildman–Crippen LogP) is 1.63. The molecule has 7 heteroatoms. The second-order valence-electron chi connectivity index (χ2n) is 3.83. The molecule has 2 rings (SSSR count). The highest BCUT2D eigenvalue weighted by atomic mass is 19.4. The van der Waals surface area contributed by atoms with Crippen LogP contribution in [0.15, 0.2) is 12.3 Å². The van der Waals surface area contributed by atoms with Crippen molar-refractivity contribution in [3.8, 4) is 6.01 Å². The van der Waals surface area contributed by atoms with Crippen molar-refractivity contribution in [2.45, 2.75) is 25.1 Å². The molecule has 4 nitrogen and oxygen atoms in total. The zero-order valence-corrected chi connectivity index (χ0v) is 9.00. The molecule has 1 N–H and O–H groups in total. The molecule has 2 heterocycles. The van der Waals surface area contributed by atoms with E-state index in [9.17, 15) is 13.2 Å². The first kappa shape index (κ1) is 12.1. The van der Waals surface area contributed by atoms with E-state index in [4.69, 9.17) is 4.74 Å². The molecule has 1 unspecified atom stereocenters. The third-order valence-electron chi connectivity index (χ3n) is 2.50. The molecule has 1 aromatic rings. The Hall–Kier alpha value is -1.37. The second-order valence-corrected chi connectivity index (χ2v) is 3.83. The molecule has 0 aromatic carbocycles. The van der Waals surface area contributed by atoms with Gasteiger partial charge in [0.25, 0.3) is 0 Å². The number of ether oxygens (including phenoxy) is 1. The summed E-state index contributed by atoms with van der Waals surface area (Å²) in [7, 11) is 0. The molecule has 17 heavy (non-hydrogen) atoms. The first-order chi connectivity index (χ1) is 8.05. The second kappa shape index (κ2) is 4.87. The molecule has 1 saturated heterocycles. The molecule has 1 aliphatic rings. The molecule has 1 aromatic heterocycles. The van der Waals surface area contributed by atoms with Gasteiger partial charge >= 0.3 is 12.2 Å². The van der Waals surface area contributed by atoms with Crippen LogP contribution in [0.5, 0.6) is 6.01 Å². The molecule has 1 aliphatic heterocycles. The van der Waals surface area contributed by atoms with Gasteiger partial charge in [0.05, 0.1) is 0 Å². The zero-order valence-electron chi connectivity index (χ0n) is 9.00. The summed E-state index contributed by atoms with van der Waals surface area (Å²) in [6, 6.07) is 0.766. The van der Waals surface area contributed by atoms with Gasteiger partial charge in [0.1, 0.15) is 6.61 Å². The van der Waals surface area contributed by atoms with Crippen LogP contribution in [0.4, 0.5) is 13.2 Å². The minimum atomic E-state index is -4.47. The van der Waals surface area contributed by atoms with Crippen LogP contribution in [0, 0.1) is 0 Å². The minimum absolute atomic E-state index is 0.174.